The summed E-state index contributed by atoms with van der Waals surface area (Å²) in [6.45, 7) is 6.57. The van der Waals surface area contributed by atoms with Crippen molar-refractivity contribution in [1.29, 1.82) is 0 Å². The second kappa shape index (κ2) is 4.65. The molecule has 16 heavy (non-hydrogen) atoms. The zero-order valence-corrected chi connectivity index (χ0v) is 9.75. The van der Waals surface area contributed by atoms with Crippen molar-refractivity contribution in [1.82, 2.24) is 15.1 Å². The Morgan fingerprint density at radius 2 is 2.12 bits per heavy atom. The van der Waals surface area contributed by atoms with Gasteiger partial charge in [-0.05, 0) is 13.8 Å². The Labute approximate surface area is 94.8 Å². The molecule has 1 aliphatic heterocycles. The molecule has 0 radical (unpaired) electrons. The molecule has 88 valence electrons. The summed E-state index contributed by atoms with van der Waals surface area (Å²) in [6.07, 6.45) is 0.439. The lowest BCUT2D eigenvalue weighted by Crippen LogP contribution is -2.41. The van der Waals surface area contributed by atoms with Crippen LogP contribution in [0.25, 0.3) is 0 Å². The van der Waals surface area contributed by atoms with Crippen LogP contribution in [0, 0.1) is 13.8 Å². The molecule has 0 bridgehead atoms. The minimum absolute atomic E-state index is 0.163. The number of aromatic nitrogens is 2. The highest BCUT2D eigenvalue weighted by molar-refractivity contribution is 5.79. The number of hydrogen-bond acceptors (Lipinski definition) is 3. The first-order chi connectivity index (χ1) is 7.68. The normalized spacial score (nSPS) is 16.5. The third kappa shape index (κ3) is 2.24. The van der Waals surface area contributed by atoms with Crippen molar-refractivity contribution in [2.45, 2.75) is 20.3 Å². The summed E-state index contributed by atoms with van der Waals surface area (Å²) >= 11 is 0. The number of aromatic amines is 1. The van der Waals surface area contributed by atoms with Gasteiger partial charge >= 0.3 is 0 Å². The van der Waals surface area contributed by atoms with E-state index in [0.717, 1.165) is 17.0 Å². The molecule has 1 N–H and O–H groups in total. The van der Waals surface area contributed by atoms with Crippen LogP contribution in [0.15, 0.2) is 0 Å². The molecule has 1 saturated heterocycles. The Morgan fingerprint density at radius 1 is 1.44 bits per heavy atom. The van der Waals surface area contributed by atoms with Crippen molar-refractivity contribution in [2.75, 3.05) is 26.3 Å². The van der Waals surface area contributed by atoms with Crippen LogP contribution >= 0.6 is 0 Å². The fourth-order valence-electron chi connectivity index (χ4n) is 1.91. The summed E-state index contributed by atoms with van der Waals surface area (Å²) in [5.74, 6) is 0.163. The lowest BCUT2D eigenvalue weighted by atomic mass is 10.1. The molecule has 2 rings (SSSR count). The van der Waals surface area contributed by atoms with Gasteiger partial charge in [0.15, 0.2) is 0 Å². The van der Waals surface area contributed by atoms with E-state index in [9.17, 15) is 4.79 Å². The highest BCUT2D eigenvalue weighted by atomic mass is 16.5. The van der Waals surface area contributed by atoms with Crippen LogP contribution in [0.2, 0.25) is 0 Å². The van der Waals surface area contributed by atoms with Crippen molar-refractivity contribution >= 4 is 5.91 Å². The van der Waals surface area contributed by atoms with Crippen molar-refractivity contribution in [3.05, 3.63) is 17.0 Å². The first-order valence-corrected chi connectivity index (χ1v) is 5.54. The molecule has 1 fully saturated rings. The summed E-state index contributed by atoms with van der Waals surface area (Å²) in [7, 11) is 0. The summed E-state index contributed by atoms with van der Waals surface area (Å²) in [5, 5.41) is 6.99. The van der Waals surface area contributed by atoms with E-state index in [1.807, 2.05) is 18.7 Å². The predicted molar refractivity (Wildman–Crippen MR) is 59.2 cm³/mol. The van der Waals surface area contributed by atoms with E-state index >= 15 is 0 Å². The van der Waals surface area contributed by atoms with Crippen molar-refractivity contribution < 1.29 is 9.53 Å². The first kappa shape index (κ1) is 11.1. The molecule has 5 heteroatoms. The number of carbonyl (C=O) groups excluding carboxylic acids is 1. The van der Waals surface area contributed by atoms with E-state index < -0.39 is 0 Å². The molecule has 0 aliphatic carbocycles. The number of hydrogen-bond donors (Lipinski definition) is 1. The predicted octanol–water partition coefficient (Wildman–Crippen LogP) is 0.428. The summed E-state index contributed by atoms with van der Waals surface area (Å²) in [5.41, 5.74) is 2.93. The molecular weight excluding hydrogens is 206 g/mol. The minimum Gasteiger partial charge on any atom is -0.378 e. The van der Waals surface area contributed by atoms with Gasteiger partial charge in [-0.25, -0.2) is 0 Å². The maximum absolute atomic E-state index is 12.0. The molecule has 0 unspecified atom stereocenters. The van der Waals surface area contributed by atoms with Crippen LogP contribution in [0.3, 0.4) is 0 Å². The zero-order chi connectivity index (χ0) is 11.5. The molecule has 0 atom stereocenters. The maximum Gasteiger partial charge on any atom is 0.227 e. The number of carbonyl (C=O) groups is 1. The molecule has 5 nitrogen and oxygen atoms in total. The van der Waals surface area contributed by atoms with Gasteiger partial charge < -0.3 is 9.64 Å². The van der Waals surface area contributed by atoms with Gasteiger partial charge in [0, 0.05) is 24.3 Å². The van der Waals surface area contributed by atoms with Gasteiger partial charge in [0.05, 0.1) is 25.3 Å². The van der Waals surface area contributed by atoms with Gasteiger partial charge in [0.25, 0.3) is 0 Å². The van der Waals surface area contributed by atoms with Gasteiger partial charge in [-0.1, -0.05) is 0 Å². The van der Waals surface area contributed by atoms with Gasteiger partial charge in [-0.2, -0.15) is 5.10 Å². The average Bonchev–Trinajstić information content (AvgIpc) is 2.62. The molecule has 0 saturated carbocycles. The van der Waals surface area contributed by atoms with Crippen molar-refractivity contribution in [3.63, 3.8) is 0 Å². The van der Waals surface area contributed by atoms with Gasteiger partial charge in [0.1, 0.15) is 0 Å². The first-order valence-electron chi connectivity index (χ1n) is 5.54. The van der Waals surface area contributed by atoms with E-state index in [-0.39, 0.29) is 5.91 Å². The Morgan fingerprint density at radius 3 is 2.69 bits per heavy atom. The number of amides is 1. The molecular formula is C11H17N3O2. The fourth-order valence-corrected chi connectivity index (χ4v) is 1.91. The molecule has 1 aliphatic rings. The number of ether oxygens (including phenoxy) is 1. The Bertz CT molecular complexity index is 361. The standard InChI is InChI=1S/C11H17N3O2/c1-8-10(9(2)13-12-8)7-11(15)14-3-5-16-6-4-14/h3-7H2,1-2H3,(H,12,13). The maximum atomic E-state index is 12.0. The SMILES string of the molecule is Cc1n[nH]c(C)c1CC(=O)N1CCOCC1. The number of H-pyrrole nitrogens is 1. The monoisotopic (exact) mass is 223 g/mol. The van der Waals surface area contributed by atoms with Crippen LogP contribution in [0.1, 0.15) is 17.0 Å². The molecule has 0 spiro atoms. The quantitative estimate of drug-likeness (QED) is 0.791. The van der Waals surface area contributed by atoms with E-state index in [1.54, 1.807) is 0 Å². The van der Waals surface area contributed by atoms with E-state index in [1.165, 1.54) is 0 Å². The lowest BCUT2D eigenvalue weighted by Gasteiger charge is -2.26. The smallest absolute Gasteiger partial charge is 0.227 e. The van der Waals surface area contributed by atoms with Gasteiger partial charge in [0.2, 0.25) is 5.91 Å². The number of rotatable bonds is 2. The summed E-state index contributed by atoms with van der Waals surface area (Å²) < 4.78 is 5.22. The van der Waals surface area contributed by atoms with Crippen LogP contribution in [-0.4, -0.2) is 47.3 Å². The third-order valence-electron chi connectivity index (χ3n) is 2.97. The summed E-state index contributed by atoms with van der Waals surface area (Å²) in [6, 6.07) is 0. The van der Waals surface area contributed by atoms with Crippen LogP contribution in [0.5, 0.6) is 0 Å². The topological polar surface area (TPSA) is 58.2 Å². The third-order valence-corrected chi connectivity index (χ3v) is 2.97. The van der Waals surface area contributed by atoms with Crippen LogP contribution in [0.4, 0.5) is 0 Å². The Balaban J connectivity index is 2.01. The second-order valence-corrected chi connectivity index (χ2v) is 4.08. The molecule has 2 heterocycles. The summed E-state index contributed by atoms with van der Waals surface area (Å²) in [4.78, 5) is 13.9. The number of nitrogens with zero attached hydrogens (tertiary/aromatic N) is 2. The van der Waals surface area contributed by atoms with E-state index in [0.29, 0.717) is 32.7 Å². The molecule has 1 aromatic heterocycles. The van der Waals surface area contributed by atoms with Gasteiger partial charge in [-0.3, -0.25) is 9.89 Å². The number of morpholine rings is 1. The zero-order valence-electron chi connectivity index (χ0n) is 9.75. The minimum atomic E-state index is 0.163. The Hall–Kier alpha value is -1.36. The largest absolute Gasteiger partial charge is 0.378 e. The highest BCUT2D eigenvalue weighted by Crippen LogP contribution is 2.12. The van der Waals surface area contributed by atoms with Gasteiger partial charge in [-0.15, -0.1) is 0 Å². The van der Waals surface area contributed by atoms with Crippen molar-refractivity contribution in [2.24, 2.45) is 0 Å². The molecule has 1 amide bonds. The van der Waals surface area contributed by atoms with E-state index in [4.69, 9.17) is 4.74 Å². The lowest BCUT2D eigenvalue weighted by molar-refractivity contribution is -0.134. The fraction of sp³-hybridized carbons (Fsp3) is 0.636. The molecule has 1 aromatic rings. The van der Waals surface area contributed by atoms with Crippen molar-refractivity contribution in [3.8, 4) is 0 Å². The number of nitrogens with one attached hydrogen (secondary N) is 1. The highest BCUT2D eigenvalue weighted by Gasteiger charge is 2.19. The van der Waals surface area contributed by atoms with Crippen LogP contribution in [-0.2, 0) is 16.0 Å². The molecule has 0 aromatic carbocycles. The second-order valence-electron chi connectivity index (χ2n) is 4.08. The Kier molecular flexibility index (Phi) is 3.24. The average molecular weight is 223 g/mol. The van der Waals surface area contributed by atoms with E-state index in [2.05, 4.69) is 10.2 Å². The van der Waals surface area contributed by atoms with Crippen LogP contribution < -0.4 is 0 Å². The number of aryl methyl sites for hydroxylation is 2.